The molecule has 1 aliphatic rings. The normalized spacial score (nSPS) is 21.2. The van der Waals surface area contributed by atoms with E-state index >= 15 is 0 Å². The third-order valence-corrected chi connectivity index (χ3v) is 2.84. The summed E-state index contributed by atoms with van der Waals surface area (Å²) in [5, 5.41) is 8.94. The van der Waals surface area contributed by atoms with E-state index in [-0.39, 0.29) is 11.4 Å². The fourth-order valence-electron chi connectivity index (χ4n) is 1.89. The third kappa shape index (κ3) is 3.48. The smallest absolute Gasteiger partial charge is 0.326 e. The van der Waals surface area contributed by atoms with Gasteiger partial charge in [-0.2, -0.15) is 0 Å². The molecule has 1 atom stereocenters. The first-order valence-corrected chi connectivity index (χ1v) is 5.62. The predicted octanol–water partition coefficient (Wildman–Crippen LogP) is 0.579. The van der Waals surface area contributed by atoms with E-state index in [1.54, 1.807) is 0 Å². The van der Waals surface area contributed by atoms with E-state index in [1.165, 1.54) is 4.90 Å². The lowest BCUT2D eigenvalue weighted by Crippen LogP contribution is -2.41. The maximum Gasteiger partial charge on any atom is 0.326 e. The molecule has 1 fully saturated rings. The zero-order chi connectivity index (χ0) is 12.3. The van der Waals surface area contributed by atoms with Crippen LogP contribution in [0.4, 0.5) is 0 Å². The largest absolute Gasteiger partial charge is 0.480 e. The van der Waals surface area contributed by atoms with Crippen molar-refractivity contribution in [3.8, 4) is 0 Å². The zero-order valence-electron chi connectivity index (χ0n) is 9.90. The Balaban J connectivity index is 2.50. The molecule has 16 heavy (non-hydrogen) atoms. The van der Waals surface area contributed by atoms with Crippen molar-refractivity contribution in [2.75, 3.05) is 6.54 Å². The third-order valence-electron chi connectivity index (χ3n) is 2.84. The summed E-state index contributed by atoms with van der Waals surface area (Å²) in [5.74, 6) is -0.999. The Labute approximate surface area is 95.6 Å². The van der Waals surface area contributed by atoms with Gasteiger partial charge in [-0.25, -0.2) is 4.79 Å². The molecule has 5 heteroatoms. The van der Waals surface area contributed by atoms with Crippen LogP contribution in [0.3, 0.4) is 0 Å². The molecule has 1 heterocycles. The van der Waals surface area contributed by atoms with Gasteiger partial charge >= 0.3 is 5.97 Å². The van der Waals surface area contributed by atoms with Gasteiger partial charge in [0, 0.05) is 18.5 Å². The molecule has 0 unspecified atom stereocenters. The topological polar surface area (TPSA) is 83.6 Å². The van der Waals surface area contributed by atoms with Gasteiger partial charge in [-0.3, -0.25) is 4.79 Å². The Hall–Kier alpha value is -1.10. The van der Waals surface area contributed by atoms with Crippen LogP contribution in [0.25, 0.3) is 0 Å². The zero-order valence-corrected chi connectivity index (χ0v) is 9.90. The number of likely N-dealkylation sites (tertiary alicyclic amines) is 1. The summed E-state index contributed by atoms with van der Waals surface area (Å²) in [6.45, 7) is 4.28. The van der Waals surface area contributed by atoms with Crippen LogP contribution >= 0.6 is 0 Å². The molecular weight excluding hydrogens is 208 g/mol. The molecule has 0 saturated carbocycles. The van der Waals surface area contributed by atoms with Crippen molar-refractivity contribution in [2.24, 2.45) is 5.73 Å². The van der Waals surface area contributed by atoms with Crippen molar-refractivity contribution >= 4 is 11.9 Å². The van der Waals surface area contributed by atoms with Crippen LogP contribution in [-0.2, 0) is 9.59 Å². The quantitative estimate of drug-likeness (QED) is 0.737. The number of carbonyl (C=O) groups excluding carboxylic acids is 1. The van der Waals surface area contributed by atoms with E-state index in [4.69, 9.17) is 10.8 Å². The van der Waals surface area contributed by atoms with Crippen LogP contribution in [0.2, 0.25) is 0 Å². The van der Waals surface area contributed by atoms with E-state index in [1.807, 2.05) is 13.8 Å². The van der Waals surface area contributed by atoms with Crippen LogP contribution in [0.1, 0.15) is 39.5 Å². The van der Waals surface area contributed by atoms with Crippen molar-refractivity contribution in [2.45, 2.75) is 51.1 Å². The molecule has 92 valence electrons. The number of hydrogen-bond donors (Lipinski definition) is 2. The van der Waals surface area contributed by atoms with E-state index in [2.05, 4.69) is 0 Å². The highest BCUT2D eigenvalue weighted by Crippen LogP contribution is 2.20. The van der Waals surface area contributed by atoms with Gasteiger partial charge in [0.25, 0.3) is 0 Å². The number of rotatable bonds is 4. The molecule has 0 aromatic carbocycles. The lowest BCUT2D eigenvalue weighted by molar-refractivity contribution is -0.148. The minimum absolute atomic E-state index is 0.0941. The lowest BCUT2D eigenvalue weighted by atomic mass is 9.99. The van der Waals surface area contributed by atoms with Crippen molar-refractivity contribution in [1.82, 2.24) is 4.90 Å². The lowest BCUT2D eigenvalue weighted by Gasteiger charge is -2.24. The Morgan fingerprint density at radius 1 is 1.50 bits per heavy atom. The van der Waals surface area contributed by atoms with Crippen molar-refractivity contribution in [1.29, 1.82) is 0 Å². The van der Waals surface area contributed by atoms with Gasteiger partial charge in [-0.15, -0.1) is 0 Å². The molecule has 0 aromatic heterocycles. The molecule has 5 nitrogen and oxygen atoms in total. The molecule has 1 aliphatic heterocycles. The van der Waals surface area contributed by atoms with Gasteiger partial charge in [0.1, 0.15) is 6.04 Å². The fraction of sp³-hybridized carbons (Fsp3) is 0.818. The van der Waals surface area contributed by atoms with Gasteiger partial charge in [0.2, 0.25) is 5.91 Å². The fourth-order valence-corrected chi connectivity index (χ4v) is 1.89. The molecule has 1 amide bonds. The van der Waals surface area contributed by atoms with Gasteiger partial charge in [0.05, 0.1) is 0 Å². The van der Waals surface area contributed by atoms with Gasteiger partial charge in [-0.1, -0.05) is 0 Å². The number of nitrogens with zero attached hydrogens (tertiary/aromatic N) is 1. The van der Waals surface area contributed by atoms with Crippen molar-refractivity contribution in [3.05, 3.63) is 0 Å². The van der Waals surface area contributed by atoms with Crippen LogP contribution < -0.4 is 5.73 Å². The highest BCUT2D eigenvalue weighted by molar-refractivity contribution is 5.84. The number of aliphatic carboxylic acids is 1. The van der Waals surface area contributed by atoms with E-state index in [0.29, 0.717) is 25.8 Å². The Morgan fingerprint density at radius 2 is 2.12 bits per heavy atom. The van der Waals surface area contributed by atoms with Crippen molar-refractivity contribution in [3.63, 3.8) is 0 Å². The second-order valence-corrected chi connectivity index (χ2v) is 5.07. The number of carbonyl (C=O) groups is 2. The predicted molar refractivity (Wildman–Crippen MR) is 59.9 cm³/mol. The van der Waals surface area contributed by atoms with Gasteiger partial charge in [-0.05, 0) is 33.1 Å². The number of carboxylic acids is 1. The molecule has 1 saturated heterocycles. The van der Waals surface area contributed by atoms with Crippen LogP contribution in [-0.4, -0.2) is 40.0 Å². The van der Waals surface area contributed by atoms with Gasteiger partial charge in [0.15, 0.2) is 0 Å². The second kappa shape index (κ2) is 4.82. The molecular formula is C11H20N2O3. The van der Waals surface area contributed by atoms with Crippen LogP contribution in [0.15, 0.2) is 0 Å². The molecule has 0 bridgehead atoms. The maximum absolute atomic E-state index is 11.8. The Kier molecular flexibility index (Phi) is 3.91. The van der Waals surface area contributed by atoms with E-state index in [0.717, 1.165) is 6.42 Å². The summed E-state index contributed by atoms with van der Waals surface area (Å²) in [7, 11) is 0. The highest BCUT2D eigenvalue weighted by Gasteiger charge is 2.33. The molecule has 0 spiro atoms. The van der Waals surface area contributed by atoms with Crippen LogP contribution in [0, 0.1) is 0 Å². The standard InChI is InChI=1S/C11H20N2O3/c1-11(2,12)6-5-9(14)13-7-3-4-8(13)10(15)16/h8H,3-7,12H2,1-2H3,(H,15,16)/t8-/m0/s1. The first kappa shape index (κ1) is 13.0. The number of carboxylic acid groups (broad SMARTS) is 1. The summed E-state index contributed by atoms with van der Waals surface area (Å²) < 4.78 is 0. The molecule has 1 rings (SSSR count). The number of hydrogen-bond acceptors (Lipinski definition) is 3. The first-order valence-electron chi connectivity index (χ1n) is 5.62. The summed E-state index contributed by atoms with van der Waals surface area (Å²) in [5.41, 5.74) is 5.41. The summed E-state index contributed by atoms with van der Waals surface area (Å²) in [6, 6.07) is -0.631. The van der Waals surface area contributed by atoms with Crippen molar-refractivity contribution < 1.29 is 14.7 Å². The monoisotopic (exact) mass is 228 g/mol. The van der Waals surface area contributed by atoms with E-state index < -0.39 is 12.0 Å². The number of nitrogens with two attached hydrogens (primary N) is 1. The minimum Gasteiger partial charge on any atom is -0.480 e. The maximum atomic E-state index is 11.8. The minimum atomic E-state index is -0.905. The SMILES string of the molecule is CC(C)(N)CCC(=O)N1CCC[C@H]1C(=O)O. The average Bonchev–Trinajstić information content (AvgIpc) is 2.61. The Bertz CT molecular complexity index is 283. The molecule has 3 N–H and O–H groups in total. The molecule has 0 aromatic rings. The van der Waals surface area contributed by atoms with Crippen LogP contribution in [0.5, 0.6) is 0 Å². The summed E-state index contributed by atoms with van der Waals surface area (Å²) in [4.78, 5) is 24.2. The Morgan fingerprint density at radius 3 is 2.62 bits per heavy atom. The first-order chi connectivity index (χ1) is 7.31. The summed E-state index contributed by atoms with van der Waals surface area (Å²) in [6.07, 6.45) is 2.24. The average molecular weight is 228 g/mol. The van der Waals surface area contributed by atoms with E-state index in [9.17, 15) is 9.59 Å². The summed E-state index contributed by atoms with van der Waals surface area (Å²) >= 11 is 0. The molecule has 0 aliphatic carbocycles. The van der Waals surface area contributed by atoms with Gasteiger partial charge < -0.3 is 15.7 Å². The second-order valence-electron chi connectivity index (χ2n) is 5.07. The highest BCUT2D eigenvalue weighted by atomic mass is 16.4. The molecule has 0 radical (unpaired) electrons. The number of amides is 1.